The Kier molecular flexibility index (Phi) is 3.19. The minimum atomic E-state index is -3.24. The Labute approximate surface area is 96.4 Å². The minimum Gasteiger partial charge on any atom is -0.390 e. The largest absolute Gasteiger partial charge is 0.390 e. The van der Waals surface area contributed by atoms with Crippen molar-refractivity contribution in [3.05, 3.63) is 11.4 Å². The lowest BCUT2D eigenvalue weighted by atomic mass is 10.2. The Bertz CT molecular complexity index is 416. The van der Waals surface area contributed by atoms with Gasteiger partial charge in [0.15, 0.2) is 6.29 Å². The van der Waals surface area contributed by atoms with Gasteiger partial charge >= 0.3 is 0 Å². The first-order valence-electron chi connectivity index (χ1n) is 5.42. The van der Waals surface area contributed by atoms with Gasteiger partial charge < -0.3 is 5.11 Å². The number of hydrogen-bond donors (Lipinski definition) is 1. The van der Waals surface area contributed by atoms with Crippen LogP contribution in [0.15, 0.2) is 0 Å². The van der Waals surface area contributed by atoms with E-state index in [0.29, 0.717) is 24.3 Å². The predicted octanol–water partition coefficient (Wildman–Crippen LogP) is 0.671. The maximum atomic E-state index is 13.1. The van der Waals surface area contributed by atoms with E-state index in [4.69, 9.17) is 5.11 Å². The highest BCUT2D eigenvalue weighted by atomic mass is 19.3. The van der Waals surface area contributed by atoms with Crippen LogP contribution in [0.5, 0.6) is 0 Å². The van der Waals surface area contributed by atoms with Crippen molar-refractivity contribution in [3.63, 3.8) is 0 Å². The van der Waals surface area contributed by atoms with Crippen molar-refractivity contribution < 1.29 is 18.7 Å². The highest BCUT2D eigenvalue weighted by molar-refractivity contribution is 5.73. The fraction of sp³-hybridized carbons (Fsp3) is 0.700. The molecule has 0 unspecified atom stereocenters. The van der Waals surface area contributed by atoms with E-state index in [9.17, 15) is 13.6 Å². The number of aliphatic hydroxyl groups is 1. The molecule has 1 aromatic rings. The van der Waals surface area contributed by atoms with Gasteiger partial charge in [0.1, 0.15) is 18.8 Å². The van der Waals surface area contributed by atoms with Gasteiger partial charge in [-0.25, -0.2) is 13.5 Å². The summed E-state index contributed by atoms with van der Waals surface area (Å²) < 4.78 is 27.1. The quantitative estimate of drug-likeness (QED) is 0.748. The zero-order valence-electron chi connectivity index (χ0n) is 9.14. The summed E-state index contributed by atoms with van der Waals surface area (Å²) in [6.45, 7) is -1.99. The first-order valence-corrected chi connectivity index (χ1v) is 5.42. The van der Waals surface area contributed by atoms with Crippen molar-refractivity contribution in [1.82, 2.24) is 15.0 Å². The van der Waals surface area contributed by atoms with E-state index >= 15 is 0 Å². The zero-order chi connectivity index (χ0) is 12.5. The zero-order valence-corrected chi connectivity index (χ0v) is 9.14. The summed E-state index contributed by atoms with van der Waals surface area (Å²) in [5, 5.41) is 15.6. The van der Waals surface area contributed by atoms with E-state index in [1.807, 2.05) is 0 Å². The second-order valence-electron chi connectivity index (χ2n) is 4.36. The van der Waals surface area contributed by atoms with E-state index in [2.05, 4.69) is 10.3 Å². The van der Waals surface area contributed by atoms with E-state index in [1.54, 1.807) is 0 Å². The first kappa shape index (κ1) is 12.1. The first-order chi connectivity index (χ1) is 8.05. The Balaban J connectivity index is 2.20. The summed E-state index contributed by atoms with van der Waals surface area (Å²) >= 11 is 0. The van der Waals surface area contributed by atoms with Crippen LogP contribution in [0.3, 0.4) is 0 Å². The van der Waals surface area contributed by atoms with Crippen molar-refractivity contribution in [2.75, 3.05) is 6.61 Å². The molecule has 0 spiro atoms. The maximum absolute atomic E-state index is 13.1. The Morgan fingerprint density at radius 1 is 1.53 bits per heavy atom. The predicted molar refractivity (Wildman–Crippen MR) is 53.9 cm³/mol. The van der Waals surface area contributed by atoms with Crippen molar-refractivity contribution in [3.8, 4) is 0 Å². The van der Waals surface area contributed by atoms with Gasteiger partial charge in [-0.1, -0.05) is 5.21 Å². The van der Waals surface area contributed by atoms with Crippen LogP contribution in [0, 0.1) is 5.92 Å². The average Bonchev–Trinajstić information content (AvgIpc) is 3.03. The summed E-state index contributed by atoms with van der Waals surface area (Å²) in [5.41, 5.74) is 0.557. The molecule has 1 fully saturated rings. The molecule has 0 radical (unpaired) electrons. The molecule has 0 amide bonds. The summed E-state index contributed by atoms with van der Waals surface area (Å²) in [6, 6.07) is 0. The smallest absolute Gasteiger partial charge is 0.289 e. The molecule has 1 aromatic heterocycles. The van der Waals surface area contributed by atoms with Crippen LogP contribution in [0.1, 0.15) is 29.0 Å². The molecule has 0 saturated heterocycles. The molecule has 1 heterocycles. The Hall–Kier alpha value is -1.37. The van der Waals surface area contributed by atoms with Gasteiger partial charge in [-0.05, 0) is 25.2 Å². The molecule has 0 bridgehead atoms. The fourth-order valence-corrected chi connectivity index (χ4v) is 1.64. The van der Waals surface area contributed by atoms with Gasteiger partial charge in [0.25, 0.3) is 5.92 Å². The number of aromatic nitrogens is 3. The SMILES string of the molecule is O=Cc1nnn(CC(F)(F)CO)c1CC1CC1. The van der Waals surface area contributed by atoms with Crippen molar-refractivity contribution in [1.29, 1.82) is 0 Å². The fourth-order valence-electron chi connectivity index (χ4n) is 1.64. The molecule has 1 N–H and O–H groups in total. The van der Waals surface area contributed by atoms with Gasteiger partial charge in [0.05, 0.1) is 5.69 Å². The van der Waals surface area contributed by atoms with Gasteiger partial charge in [0, 0.05) is 0 Å². The summed E-state index contributed by atoms with van der Waals surface area (Å²) in [7, 11) is 0. The lowest BCUT2D eigenvalue weighted by molar-refractivity contribution is -0.0660. The van der Waals surface area contributed by atoms with Gasteiger partial charge in [-0.2, -0.15) is 0 Å². The number of carbonyl (C=O) groups excluding carboxylic acids is 1. The molecule has 7 heteroatoms. The van der Waals surface area contributed by atoms with E-state index in [1.165, 1.54) is 0 Å². The highest BCUT2D eigenvalue weighted by Crippen LogP contribution is 2.33. The maximum Gasteiger partial charge on any atom is 0.289 e. The van der Waals surface area contributed by atoms with Crippen LogP contribution in [0.2, 0.25) is 0 Å². The third-order valence-electron chi connectivity index (χ3n) is 2.77. The molecule has 5 nitrogen and oxygen atoms in total. The summed E-state index contributed by atoms with van der Waals surface area (Å²) in [5.74, 6) is -2.81. The standard InChI is InChI=1S/C10H13F2N3O2/c11-10(12,6-17)5-15-9(3-7-1-2-7)8(4-16)13-14-15/h4,7,17H,1-3,5-6H2. The molecular formula is C10H13F2N3O2. The van der Waals surface area contributed by atoms with Crippen molar-refractivity contribution in [2.45, 2.75) is 31.7 Å². The molecule has 0 aliphatic heterocycles. The third-order valence-corrected chi connectivity index (χ3v) is 2.77. The molecule has 1 aliphatic carbocycles. The number of hydrogen-bond acceptors (Lipinski definition) is 4. The highest BCUT2D eigenvalue weighted by Gasteiger charge is 2.32. The lowest BCUT2D eigenvalue weighted by Crippen LogP contribution is -2.29. The number of rotatable bonds is 6. The van der Waals surface area contributed by atoms with Crippen LogP contribution in [0.4, 0.5) is 8.78 Å². The van der Waals surface area contributed by atoms with Gasteiger partial charge in [0.2, 0.25) is 0 Å². The molecule has 1 aliphatic rings. The normalized spacial score (nSPS) is 16.2. The van der Waals surface area contributed by atoms with E-state index in [0.717, 1.165) is 17.5 Å². The molecule has 94 valence electrons. The van der Waals surface area contributed by atoms with Crippen LogP contribution in [-0.2, 0) is 13.0 Å². The van der Waals surface area contributed by atoms with Crippen LogP contribution in [-0.4, -0.2) is 38.9 Å². The monoisotopic (exact) mass is 245 g/mol. The molecule has 17 heavy (non-hydrogen) atoms. The van der Waals surface area contributed by atoms with Crippen molar-refractivity contribution >= 4 is 6.29 Å². The minimum absolute atomic E-state index is 0.116. The molecular weight excluding hydrogens is 232 g/mol. The Morgan fingerprint density at radius 2 is 2.24 bits per heavy atom. The van der Waals surface area contributed by atoms with E-state index in [-0.39, 0.29) is 5.69 Å². The van der Waals surface area contributed by atoms with Crippen LogP contribution < -0.4 is 0 Å². The third kappa shape index (κ3) is 2.85. The van der Waals surface area contributed by atoms with E-state index < -0.39 is 19.1 Å². The number of alkyl halides is 2. The molecule has 1 saturated carbocycles. The van der Waals surface area contributed by atoms with Crippen LogP contribution >= 0.6 is 0 Å². The topological polar surface area (TPSA) is 68.0 Å². The number of aldehydes is 1. The second-order valence-corrected chi connectivity index (χ2v) is 4.36. The molecule has 0 aromatic carbocycles. The number of halogens is 2. The number of nitrogens with zero attached hydrogens (tertiary/aromatic N) is 3. The molecule has 2 rings (SSSR count). The number of aliphatic hydroxyl groups excluding tert-OH is 1. The van der Waals surface area contributed by atoms with Crippen molar-refractivity contribution in [2.24, 2.45) is 5.92 Å². The van der Waals surface area contributed by atoms with Gasteiger partial charge in [-0.3, -0.25) is 4.79 Å². The van der Waals surface area contributed by atoms with Crippen LogP contribution in [0.25, 0.3) is 0 Å². The van der Waals surface area contributed by atoms with Gasteiger partial charge in [-0.15, -0.1) is 5.10 Å². The number of carbonyl (C=O) groups is 1. The summed E-state index contributed by atoms with van der Waals surface area (Å²) in [6.07, 6.45) is 3.15. The second kappa shape index (κ2) is 4.48. The average molecular weight is 245 g/mol. The molecule has 0 atom stereocenters. The summed E-state index contributed by atoms with van der Waals surface area (Å²) in [4.78, 5) is 10.7. The Morgan fingerprint density at radius 3 is 2.76 bits per heavy atom. The lowest BCUT2D eigenvalue weighted by Gasteiger charge is -2.14.